The first-order valence-electron chi connectivity index (χ1n) is 7.83. The fraction of sp³-hybridized carbons (Fsp3) is 0.529. The van der Waals surface area contributed by atoms with E-state index in [-0.39, 0.29) is 17.9 Å². The van der Waals surface area contributed by atoms with E-state index in [0.717, 1.165) is 0 Å². The van der Waals surface area contributed by atoms with Crippen molar-refractivity contribution in [3.8, 4) is 0 Å². The molecule has 2 amide bonds. The molecule has 1 aromatic carbocycles. The first-order chi connectivity index (χ1) is 10.5. The van der Waals surface area contributed by atoms with Gasteiger partial charge in [0.05, 0.1) is 6.10 Å². The number of likely N-dealkylation sites (tertiary alicyclic amines) is 1. The van der Waals surface area contributed by atoms with Gasteiger partial charge in [-0.2, -0.15) is 0 Å². The van der Waals surface area contributed by atoms with Crippen LogP contribution in [0.4, 0.5) is 5.69 Å². The summed E-state index contributed by atoms with van der Waals surface area (Å²) in [4.78, 5) is 25.8. The smallest absolute Gasteiger partial charge is 0.253 e. The molecule has 5 heteroatoms. The number of nitrogens with zero attached hydrogens (tertiary/aromatic N) is 1. The molecule has 1 saturated heterocycles. The molecule has 22 heavy (non-hydrogen) atoms. The molecule has 0 atom stereocenters. The molecule has 120 valence electrons. The molecular weight excluding hydrogens is 280 g/mol. The van der Waals surface area contributed by atoms with Crippen LogP contribution in [-0.4, -0.2) is 41.0 Å². The summed E-state index contributed by atoms with van der Waals surface area (Å²) in [5.74, 6) is 0.279. The predicted molar refractivity (Wildman–Crippen MR) is 85.7 cm³/mol. The Labute approximate surface area is 131 Å². The summed E-state index contributed by atoms with van der Waals surface area (Å²) in [7, 11) is 0. The number of amides is 2. The van der Waals surface area contributed by atoms with Crippen molar-refractivity contribution >= 4 is 17.5 Å². The normalized spacial score (nSPS) is 15.9. The summed E-state index contributed by atoms with van der Waals surface area (Å²) < 4.78 is 0. The van der Waals surface area contributed by atoms with Gasteiger partial charge in [0.25, 0.3) is 5.91 Å². The lowest BCUT2D eigenvalue weighted by Crippen LogP contribution is -2.40. The highest BCUT2D eigenvalue weighted by atomic mass is 16.3. The number of hydrogen-bond acceptors (Lipinski definition) is 3. The lowest BCUT2D eigenvalue weighted by molar-refractivity contribution is -0.116. The molecule has 1 aliphatic rings. The molecule has 0 radical (unpaired) electrons. The number of piperidine rings is 1. The monoisotopic (exact) mass is 304 g/mol. The van der Waals surface area contributed by atoms with Crippen molar-refractivity contribution in [3.05, 3.63) is 29.8 Å². The maximum atomic E-state index is 12.3. The number of carbonyl (C=O) groups excluding carboxylic acids is 2. The third kappa shape index (κ3) is 4.56. The van der Waals surface area contributed by atoms with Crippen LogP contribution in [0.5, 0.6) is 0 Å². The van der Waals surface area contributed by atoms with E-state index in [4.69, 9.17) is 0 Å². The highest BCUT2D eigenvalue weighted by molar-refractivity contribution is 5.95. The molecule has 0 aromatic heterocycles. The summed E-state index contributed by atoms with van der Waals surface area (Å²) >= 11 is 0. The maximum Gasteiger partial charge on any atom is 0.253 e. The Morgan fingerprint density at radius 2 is 1.82 bits per heavy atom. The topological polar surface area (TPSA) is 69.6 Å². The molecule has 2 rings (SSSR count). The van der Waals surface area contributed by atoms with E-state index in [1.807, 2.05) is 13.8 Å². The highest BCUT2D eigenvalue weighted by Crippen LogP contribution is 2.16. The van der Waals surface area contributed by atoms with Crippen molar-refractivity contribution in [3.63, 3.8) is 0 Å². The highest BCUT2D eigenvalue weighted by Gasteiger charge is 2.22. The van der Waals surface area contributed by atoms with Crippen LogP contribution in [0.15, 0.2) is 24.3 Å². The molecule has 2 N–H and O–H groups in total. The van der Waals surface area contributed by atoms with Crippen LogP contribution in [0, 0.1) is 5.92 Å². The van der Waals surface area contributed by atoms with Crippen LogP contribution in [0.25, 0.3) is 0 Å². The second-order valence-corrected chi connectivity index (χ2v) is 6.25. The fourth-order valence-electron chi connectivity index (χ4n) is 2.53. The van der Waals surface area contributed by atoms with Gasteiger partial charge in [0.2, 0.25) is 5.91 Å². The third-order valence-corrected chi connectivity index (χ3v) is 3.76. The largest absolute Gasteiger partial charge is 0.393 e. The Balaban J connectivity index is 1.93. The van der Waals surface area contributed by atoms with E-state index in [1.54, 1.807) is 29.2 Å². The van der Waals surface area contributed by atoms with E-state index < -0.39 is 0 Å². The van der Waals surface area contributed by atoms with Gasteiger partial charge >= 0.3 is 0 Å². The summed E-state index contributed by atoms with van der Waals surface area (Å²) in [5, 5.41) is 12.3. The Morgan fingerprint density at radius 3 is 2.36 bits per heavy atom. The number of carbonyl (C=O) groups is 2. The molecule has 5 nitrogen and oxygen atoms in total. The number of anilines is 1. The summed E-state index contributed by atoms with van der Waals surface area (Å²) in [5.41, 5.74) is 1.31. The number of aliphatic hydroxyl groups excluding tert-OH is 1. The molecule has 0 unspecified atom stereocenters. The van der Waals surface area contributed by atoms with Crippen LogP contribution in [0.3, 0.4) is 0 Å². The van der Waals surface area contributed by atoms with Gasteiger partial charge in [-0.1, -0.05) is 13.8 Å². The lowest BCUT2D eigenvalue weighted by atomic mass is 10.1. The zero-order chi connectivity index (χ0) is 16.1. The van der Waals surface area contributed by atoms with E-state index in [9.17, 15) is 14.7 Å². The quantitative estimate of drug-likeness (QED) is 0.896. The van der Waals surface area contributed by atoms with E-state index in [0.29, 0.717) is 49.5 Å². The van der Waals surface area contributed by atoms with Crippen LogP contribution in [0.1, 0.15) is 43.5 Å². The second kappa shape index (κ2) is 7.40. The molecular formula is C17H24N2O3. The van der Waals surface area contributed by atoms with Gasteiger partial charge in [0.15, 0.2) is 0 Å². The number of hydrogen-bond donors (Lipinski definition) is 2. The van der Waals surface area contributed by atoms with Gasteiger partial charge in [-0.3, -0.25) is 9.59 Å². The predicted octanol–water partition coefficient (Wildman–Crippen LogP) is 2.27. The van der Waals surface area contributed by atoms with Gasteiger partial charge in [0.1, 0.15) is 0 Å². The average Bonchev–Trinajstić information content (AvgIpc) is 2.47. The van der Waals surface area contributed by atoms with Crippen molar-refractivity contribution in [1.82, 2.24) is 4.90 Å². The first kappa shape index (κ1) is 16.5. The van der Waals surface area contributed by atoms with Gasteiger partial charge in [-0.05, 0) is 43.0 Å². The molecule has 1 fully saturated rings. The van der Waals surface area contributed by atoms with Crippen molar-refractivity contribution in [2.45, 2.75) is 39.2 Å². The standard InChI is InChI=1S/C17H24N2O3/c1-12(2)11-16(21)18-14-5-3-13(4-6-14)17(22)19-9-7-15(20)8-10-19/h3-6,12,15,20H,7-11H2,1-2H3,(H,18,21). The SMILES string of the molecule is CC(C)CC(=O)Nc1ccc(C(=O)N2CCC(O)CC2)cc1. The van der Waals surface area contributed by atoms with Crippen molar-refractivity contribution in [2.24, 2.45) is 5.92 Å². The van der Waals surface area contributed by atoms with E-state index in [2.05, 4.69) is 5.32 Å². The van der Waals surface area contributed by atoms with Crippen LogP contribution in [-0.2, 0) is 4.79 Å². The van der Waals surface area contributed by atoms with Crippen molar-refractivity contribution in [1.29, 1.82) is 0 Å². The fourth-order valence-corrected chi connectivity index (χ4v) is 2.53. The average molecular weight is 304 g/mol. The molecule has 0 saturated carbocycles. The Bertz CT molecular complexity index is 517. The van der Waals surface area contributed by atoms with Gasteiger partial charge in [0, 0.05) is 30.8 Å². The maximum absolute atomic E-state index is 12.3. The zero-order valence-corrected chi connectivity index (χ0v) is 13.2. The van der Waals surface area contributed by atoms with E-state index >= 15 is 0 Å². The first-order valence-corrected chi connectivity index (χ1v) is 7.83. The molecule has 1 aromatic rings. The van der Waals surface area contributed by atoms with Crippen LogP contribution in [0.2, 0.25) is 0 Å². The minimum Gasteiger partial charge on any atom is -0.393 e. The molecule has 0 bridgehead atoms. The van der Waals surface area contributed by atoms with Crippen molar-refractivity contribution in [2.75, 3.05) is 18.4 Å². The summed E-state index contributed by atoms with van der Waals surface area (Å²) in [6.07, 6.45) is 1.46. The number of aliphatic hydroxyl groups is 1. The molecule has 0 spiro atoms. The Morgan fingerprint density at radius 1 is 1.23 bits per heavy atom. The molecule has 1 aliphatic heterocycles. The van der Waals surface area contributed by atoms with Crippen LogP contribution >= 0.6 is 0 Å². The summed E-state index contributed by atoms with van der Waals surface area (Å²) in [6, 6.07) is 6.98. The minimum absolute atomic E-state index is 0.0147. The lowest BCUT2D eigenvalue weighted by Gasteiger charge is -2.29. The Hall–Kier alpha value is -1.88. The summed E-state index contributed by atoms with van der Waals surface area (Å²) in [6.45, 7) is 5.17. The van der Waals surface area contributed by atoms with E-state index in [1.165, 1.54) is 0 Å². The minimum atomic E-state index is -0.289. The van der Waals surface area contributed by atoms with Crippen LogP contribution < -0.4 is 5.32 Å². The molecule has 1 heterocycles. The van der Waals surface area contributed by atoms with Gasteiger partial charge in [-0.15, -0.1) is 0 Å². The third-order valence-electron chi connectivity index (χ3n) is 3.76. The molecule has 0 aliphatic carbocycles. The van der Waals surface area contributed by atoms with Crippen molar-refractivity contribution < 1.29 is 14.7 Å². The second-order valence-electron chi connectivity index (χ2n) is 6.25. The van der Waals surface area contributed by atoms with Gasteiger partial charge < -0.3 is 15.3 Å². The van der Waals surface area contributed by atoms with Gasteiger partial charge in [-0.25, -0.2) is 0 Å². The number of benzene rings is 1. The number of nitrogens with one attached hydrogen (secondary N) is 1. The zero-order valence-electron chi connectivity index (χ0n) is 13.2. The number of rotatable bonds is 4. The Kier molecular flexibility index (Phi) is 5.55.